The second kappa shape index (κ2) is 8.10. The third-order valence-electron chi connectivity index (χ3n) is 4.50. The van der Waals surface area contributed by atoms with E-state index in [1.165, 1.54) is 0 Å². The Kier molecular flexibility index (Phi) is 5.21. The van der Waals surface area contributed by atoms with Gasteiger partial charge in [0.25, 0.3) is 0 Å². The summed E-state index contributed by atoms with van der Waals surface area (Å²) >= 11 is 0. The van der Waals surface area contributed by atoms with Crippen molar-refractivity contribution in [3.63, 3.8) is 0 Å². The summed E-state index contributed by atoms with van der Waals surface area (Å²) in [5, 5.41) is 9.49. The molecule has 1 N–H and O–H groups in total. The van der Waals surface area contributed by atoms with Gasteiger partial charge in [0.15, 0.2) is 0 Å². The first-order valence-corrected chi connectivity index (χ1v) is 8.97. The molecule has 142 valence electrons. The first kappa shape index (κ1) is 18.0. The van der Waals surface area contributed by atoms with Gasteiger partial charge in [-0.25, -0.2) is 9.37 Å². The van der Waals surface area contributed by atoms with Crippen molar-refractivity contribution in [2.75, 3.05) is 0 Å². The average Bonchev–Trinajstić information content (AvgIpc) is 3.38. The summed E-state index contributed by atoms with van der Waals surface area (Å²) in [5.41, 5.74) is 2.39. The molecule has 0 radical (unpaired) electrons. The van der Waals surface area contributed by atoms with Gasteiger partial charge < -0.3 is 14.1 Å². The molecule has 4 aromatic rings. The average molecular weight is 377 g/mol. The van der Waals surface area contributed by atoms with Crippen LogP contribution in [-0.4, -0.2) is 19.6 Å². The van der Waals surface area contributed by atoms with Crippen LogP contribution in [0.25, 0.3) is 5.69 Å². The minimum Gasteiger partial charge on any atom is -0.508 e. The highest BCUT2D eigenvalue weighted by Gasteiger charge is 2.12. The molecule has 0 saturated heterocycles. The fourth-order valence-corrected chi connectivity index (χ4v) is 3.17. The van der Waals surface area contributed by atoms with E-state index in [0.717, 1.165) is 16.9 Å². The lowest BCUT2D eigenvalue weighted by molar-refractivity contribution is 0.226. The van der Waals surface area contributed by atoms with Crippen LogP contribution in [0.1, 0.15) is 16.9 Å². The molecule has 6 heteroatoms. The van der Waals surface area contributed by atoms with Gasteiger partial charge in [-0.15, -0.1) is 0 Å². The number of aromatic nitrogens is 2. The molecule has 2 aromatic carbocycles. The van der Waals surface area contributed by atoms with E-state index in [0.29, 0.717) is 25.3 Å². The lowest BCUT2D eigenvalue weighted by Gasteiger charge is -2.22. The van der Waals surface area contributed by atoms with E-state index < -0.39 is 0 Å². The van der Waals surface area contributed by atoms with Crippen LogP contribution in [-0.2, 0) is 19.6 Å². The lowest BCUT2D eigenvalue weighted by Crippen LogP contribution is -2.22. The Bertz CT molecular complexity index is 1010. The maximum Gasteiger partial charge on any atom is 0.147 e. The molecule has 0 fully saturated rings. The summed E-state index contributed by atoms with van der Waals surface area (Å²) in [6, 6.07) is 16.1. The summed E-state index contributed by atoms with van der Waals surface area (Å²) in [4.78, 5) is 6.13. The Labute approximate surface area is 162 Å². The summed E-state index contributed by atoms with van der Waals surface area (Å²) in [6.45, 7) is 1.80. The first-order valence-electron chi connectivity index (χ1n) is 8.97. The Hall–Kier alpha value is -3.38. The van der Waals surface area contributed by atoms with Crippen LogP contribution in [0.15, 0.2) is 84.0 Å². The Morgan fingerprint density at radius 3 is 2.46 bits per heavy atom. The molecule has 0 unspecified atom stereocenters. The first-order chi connectivity index (χ1) is 13.7. The molecule has 0 aliphatic carbocycles. The highest BCUT2D eigenvalue weighted by molar-refractivity contribution is 5.36. The van der Waals surface area contributed by atoms with Gasteiger partial charge in [0.05, 0.1) is 24.8 Å². The number of halogens is 1. The molecule has 0 atom stereocenters. The van der Waals surface area contributed by atoms with Gasteiger partial charge in [-0.2, -0.15) is 0 Å². The van der Waals surface area contributed by atoms with E-state index in [9.17, 15) is 9.50 Å². The highest BCUT2D eigenvalue weighted by atomic mass is 19.1. The molecule has 5 nitrogen and oxygen atoms in total. The molecular formula is C22H20FN3O2. The Balaban J connectivity index is 1.54. The standard InChI is InChI=1S/C22H20FN3O2/c23-21-12-18(5-8-22(21)26-10-9-24-16-26)14-25(15-20-2-1-11-28-20)13-17-3-6-19(27)7-4-17/h1-12,16,27H,13-15H2. The SMILES string of the molecule is Oc1ccc(CN(Cc2ccc(-n3ccnc3)c(F)c2)Cc2ccco2)cc1. The Morgan fingerprint density at radius 1 is 1.00 bits per heavy atom. The summed E-state index contributed by atoms with van der Waals surface area (Å²) in [5.74, 6) is 0.783. The van der Waals surface area contributed by atoms with Gasteiger partial charge in [0, 0.05) is 25.5 Å². The van der Waals surface area contributed by atoms with Crippen LogP contribution >= 0.6 is 0 Å². The van der Waals surface area contributed by atoms with Crippen molar-refractivity contribution < 1.29 is 13.9 Å². The molecule has 2 aromatic heterocycles. The monoisotopic (exact) mass is 377 g/mol. The summed E-state index contributed by atoms with van der Waals surface area (Å²) < 4.78 is 21.7. The molecule has 28 heavy (non-hydrogen) atoms. The molecule has 4 rings (SSSR count). The van der Waals surface area contributed by atoms with Crippen molar-refractivity contribution in [3.05, 3.63) is 102 Å². The maximum atomic E-state index is 14.6. The third-order valence-corrected chi connectivity index (χ3v) is 4.50. The zero-order valence-corrected chi connectivity index (χ0v) is 15.2. The van der Waals surface area contributed by atoms with Crippen molar-refractivity contribution in [3.8, 4) is 11.4 Å². The van der Waals surface area contributed by atoms with Crippen LogP contribution in [0, 0.1) is 5.82 Å². The number of benzene rings is 2. The van der Waals surface area contributed by atoms with E-state index in [4.69, 9.17) is 4.42 Å². The van der Waals surface area contributed by atoms with Crippen molar-refractivity contribution in [1.82, 2.24) is 14.5 Å². The smallest absolute Gasteiger partial charge is 0.147 e. The molecule has 0 saturated carbocycles. The maximum absolute atomic E-state index is 14.6. The van der Waals surface area contributed by atoms with Crippen molar-refractivity contribution >= 4 is 0 Å². The summed E-state index contributed by atoms with van der Waals surface area (Å²) in [7, 11) is 0. The third kappa shape index (κ3) is 4.29. The van der Waals surface area contributed by atoms with Gasteiger partial charge in [-0.3, -0.25) is 4.90 Å². The van der Waals surface area contributed by atoms with Crippen LogP contribution in [0.2, 0.25) is 0 Å². The van der Waals surface area contributed by atoms with E-state index in [2.05, 4.69) is 9.88 Å². The molecule has 0 bridgehead atoms. The fourth-order valence-electron chi connectivity index (χ4n) is 3.17. The predicted octanol–water partition coefficient (Wildman–Crippen LogP) is 4.51. The number of aromatic hydroxyl groups is 1. The van der Waals surface area contributed by atoms with Crippen LogP contribution in [0.3, 0.4) is 0 Å². The topological polar surface area (TPSA) is 54.4 Å². The van der Waals surface area contributed by atoms with Gasteiger partial charge in [0.1, 0.15) is 17.3 Å². The fraction of sp³-hybridized carbons (Fsp3) is 0.136. The number of hydrogen-bond acceptors (Lipinski definition) is 4. The number of nitrogens with zero attached hydrogens (tertiary/aromatic N) is 3. The van der Waals surface area contributed by atoms with Gasteiger partial charge in [-0.1, -0.05) is 18.2 Å². The number of imidazole rings is 1. The van der Waals surface area contributed by atoms with Crippen LogP contribution in [0.4, 0.5) is 4.39 Å². The predicted molar refractivity (Wildman–Crippen MR) is 103 cm³/mol. The molecular weight excluding hydrogens is 357 g/mol. The second-order valence-electron chi connectivity index (χ2n) is 6.65. The van der Waals surface area contributed by atoms with Gasteiger partial charge >= 0.3 is 0 Å². The van der Waals surface area contributed by atoms with E-state index in [-0.39, 0.29) is 11.6 Å². The zero-order valence-electron chi connectivity index (χ0n) is 15.2. The highest BCUT2D eigenvalue weighted by Crippen LogP contribution is 2.20. The molecule has 0 amide bonds. The molecule has 2 heterocycles. The van der Waals surface area contributed by atoms with E-state index in [1.807, 2.05) is 30.3 Å². The molecule has 0 aliphatic heterocycles. The lowest BCUT2D eigenvalue weighted by atomic mass is 10.1. The number of phenolic OH excluding ortho intramolecular Hbond substituents is 1. The summed E-state index contributed by atoms with van der Waals surface area (Å²) in [6.07, 6.45) is 6.56. The minimum absolute atomic E-state index is 0.235. The van der Waals surface area contributed by atoms with Gasteiger partial charge in [0.2, 0.25) is 0 Å². The number of phenols is 1. The quantitative estimate of drug-likeness (QED) is 0.515. The van der Waals surface area contributed by atoms with Crippen molar-refractivity contribution in [2.24, 2.45) is 0 Å². The number of hydrogen-bond donors (Lipinski definition) is 1. The van der Waals surface area contributed by atoms with Crippen LogP contribution < -0.4 is 0 Å². The van der Waals surface area contributed by atoms with Crippen LogP contribution in [0.5, 0.6) is 5.75 Å². The van der Waals surface area contributed by atoms with Crippen molar-refractivity contribution in [2.45, 2.75) is 19.6 Å². The zero-order chi connectivity index (χ0) is 19.3. The molecule has 0 spiro atoms. The second-order valence-corrected chi connectivity index (χ2v) is 6.65. The largest absolute Gasteiger partial charge is 0.508 e. The van der Waals surface area contributed by atoms with Gasteiger partial charge in [-0.05, 0) is 47.5 Å². The normalized spacial score (nSPS) is 11.2. The number of furan rings is 1. The Morgan fingerprint density at radius 2 is 1.79 bits per heavy atom. The van der Waals surface area contributed by atoms with E-state index >= 15 is 0 Å². The number of rotatable bonds is 7. The van der Waals surface area contributed by atoms with E-state index in [1.54, 1.807) is 53.8 Å². The molecule has 0 aliphatic rings. The minimum atomic E-state index is -0.293. The van der Waals surface area contributed by atoms with Crippen molar-refractivity contribution in [1.29, 1.82) is 0 Å².